The van der Waals surface area contributed by atoms with Crippen LogP contribution >= 0.6 is 0 Å². The molecule has 0 aliphatic carbocycles. The van der Waals surface area contributed by atoms with Gasteiger partial charge in [-0.25, -0.2) is 9.48 Å². The van der Waals surface area contributed by atoms with Crippen molar-refractivity contribution in [3.8, 4) is 0 Å². The van der Waals surface area contributed by atoms with E-state index in [0.717, 1.165) is 12.8 Å². The summed E-state index contributed by atoms with van der Waals surface area (Å²) in [5, 5.41) is 19.7. The lowest BCUT2D eigenvalue weighted by Gasteiger charge is -2.20. The van der Waals surface area contributed by atoms with E-state index in [0.29, 0.717) is 5.69 Å². The third-order valence-electron chi connectivity index (χ3n) is 3.56. The van der Waals surface area contributed by atoms with Crippen LogP contribution in [0, 0.1) is 0 Å². The maximum Gasteiger partial charge on any atom is 0.358 e. The third kappa shape index (κ3) is 3.80. The highest BCUT2D eigenvalue weighted by atomic mass is 16.4. The van der Waals surface area contributed by atoms with Gasteiger partial charge in [0, 0.05) is 6.04 Å². The predicted molar refractivity (Wildman–Crippen MR) is 78.3 cm³/mol. The predicted octanol–water partition coefficient (Wildman–Crippen LogP) is 1.97. The highest BCUT2D eigenvalue weighted by Gasteiger charge is 2.27. The molecule has 2 N–H and O–H groups in total. The first-order valence-corrected chi connectivity index (χ1v) is 7.32. The van der Waals surface area contributed by atoms with Crippen molar-refractivity contribution in [1.29, 1.82) is 0 Å². The molecule has 1 amide bonds. The van der Waals surface area contributed by atoms with Gasteiger partial charge in [0.15, 0.2) is 5.69 Å². The van der Waals surface area contributed by atoms with Gasteiger partial charge in [0.25, 0.3) is 0 Å². The summed E-state index contributed by atoms with van der Waals surface area (Å²) in [7, 11) is 0. The number of aromatic nitrogens is 3. The minimum Gasteiger partial charge on any atom is -0.476 e. The van der Waals surface area contributed by atoms with Crippen LogP contribution in [-0.4, -0.2) is 38.0 Å². The Balaban J connectivity index is 3.04. The Kier molecular flexibility index (Phi) is 5.87. The van der Waals surface area contributed by atoms with Gasteiger partial charge in [0.2, 0.25) is 5.91 Å². The maximum atomic E-state index is 12.3. The van der Waals surface area contributed by atoms with Crippen molar-refractivity contribution in [2.45, 2.75) is 65.5 Å². The lowest BCUT2D eigenvalue weighted by molar-refractivity contribution is -0.125. The molecule has 0 aliphatic heterocycles. The molecule has 0 fully saturated rings. The number of carboxylic acid groups (broad SMARTS) is 1. The summed E-state index contributed by atoms with van der Waals surface area (Å²) in [6.45, 7) is 9.43. The molecule has 0 saturated carbocycles. The molecule has 1 unspecified atom stereocenters. The van der Waals surface area contributed by atoms with E-state index in [1.54, 1.807) is 6.92 Å². The number of carbonyl (C=O) groups excluding carboxylic acids is 1. The van der Waals surface area contributed by atoms with Crippen molar-refractivity contribution in [1.82, 2.24) is 20.3 Å². The highest BCUT2D eigenvalue weighted by Crippen LogP contribution is 2.21. The third-order valence-corrected chi connectivity index (χ3v) is 3.56. The molecule has 1 heterocycles. The van der Waals surface area contributed by atoms with Crippen LogP contribution < -0.4 is 5.32 Å². The summed E-state index contributed by atoms with van der Waals surface area (Å²) in [5.74, 6) is -1.39. The standard InChI is InChI=1S/C14H24N4O3/c1-6-10(7-2)15-13(19)9(5)18-12(8(3)4)11(14(20)21)16-17-18/h8-10H,6-7H2,1-5H3,(H,15,19)(H,20,21). The van der Waals surface area contributed by atoms with Crippen LogP contribution in [-0.2, 0) is 4.79 Å². The number of nitrogens with zero attached hydrogens (tertiary/aromatic N) is 3. The Morgan fingerprint density at radius 2 is 1.81 bits per heavy atom. The van der Waals surface area contributed by atoms with E-state index in [4.69, 9.17) is 5.11 Å². The zero-order valence-corrected chi connectivity index (χ0v) is 13.3. The fraction of sp³-hybridized carbons (Fsp3) is 0.714. The largest absolute Gasteiger partial charge is 0.476 e. The zero-order chi connectivity index (χ0) is 16.2. The molecule has 1 aromatic rings. The molecule has 21 heavy (non-hydrogen) atoms. The molecule has 0 aromatic carbocycles. The average molecular weight is 296 g/mol. The van der Waals surface area contributed by atoms with Crippen molar-refractivity contribution in [2.75, 3.05) is 0 Å². The van der Waals surface area contributed by atoms with E-state index in [-0.39, 0.29) is 23.6 Å². The molecule has 1 rings (SSSR count). The van der Waals surface area contributed by atoms with Crippen LogP contribution in [0.25, 0.3) is 0 Å². The smallest absolute Gasteiger partial charge is 0.358 e. The van der Waals surface area contributed by atoms with Crippen LogP contribution in [0.15, 0.2) is 0 Å². The number of hydrogen-bond donors (Lipinski definition) is 2. The molecule has 118 valence electrons. The number of amides is 1. The Morgan fingerprint density at radius 1 is 1.24 bits per heavy atom. The fourth-order valence-corrected chi connectivity index (χ4v) is 2.20. The van der Waals surface area contributed by atoms with E-state index in [2.05, 4.69) is 15.6 Å². The van der Waals surface area contributed by atoms with Crippen LogP contribution in [0.5, 0.6) is 0 Å². The van der Waals surface area contributed by atoms with Gasteiger partial charge in [-0.1, -0.05) is 32.9 Å². The Labute approximate surface area is 124 Å². The van der Waals surface area contributed by atoms with Crippen molar-refractivity contribution >= 4 is 11.9 Å². The normalized spacial score (nSPS) is 12.7. The van der Waals surface area contributed by atoms with Crippen LogP contribution in [0.2, 0.25) is 0 Å². The van der Waals surface area contributed by atoms with E-state index in [9.17, 15) is 9.59 Å². The van der Waals surface area contributed by atoms with Gasteiger partial charge < -0.3 is 10.4 Å². The number of carbonyl (C=O) groups is 2. The van der Waals surface area contributed by atoms with Gasteiger partial charge in [0.1, 0.15) is 6.04 Å². The molecular formula is C14H24N4O3. The number of hydrogen-bond acceptors (Lipinski definition) is 4. The number of rotatable bonds is 7. The zero-order valence-electron chi connectivity index (χ0n) is 13.3. The minimum absolute atomic E-state index is 0.0884. The molecule has 7 heteroatoms. The summed E-state index contributed by atoms with van der Waals surface area (Å²) < 4.78 is 1.41. The summed E-state index contributed by atoms with van der Waals surface area (Å²) in [4.78, 5) is 23.5. The van der Waals surface area contributed by atoms with Gasteiger partial charge in [-0.15, -0.1) is 5.10 Å². The number of nitrogens with one attached hydrogen (secondary N) is 1. The van der Waals surface area contributed by atoms with Crippen LogP contribution in [0.4, 0.5) is 0 Å². The van der Waals surface area contributed by atoms with E-state index in [1.165, 1.54) is 4.68 Å². The molecular weight excluding hydrogens is 272 g/mol. The van der Waals surface area contributed by atoms with Crippen LogP contribution in [0.1, 0.15) is 75.6 Å². The first kappa shape index (κ1) is 17.1. The van der Waals surface area contributed by atoms with E-state index < -0.39 is 12.0 Å². The first-order valence-electron chi connectivity index (χ1n) is 7.32. The Hall–Kier alpha value is -1.92. The monoisotopic (exact) mass is 296 g/mol. The van der Waals surface area contributed by atoms with Crippen molar-refractivity contribution in [3.63, 3.8) is 0 Å². The SMILES string of the molecule is CCC(CC)NC(=O)C(C)n1nnc(C(=O)O)c1C(C)C. The number of carboxylic acids is 1. The molecule has 1 aromatic heterocycles. The fourth-order valence-electron chi connectivity index (χ4n) is 2.20. The molecule has 0 saturated heterocycles. The molecule has 1 atom stereocenters. The Bertz CT molecular complexity index is 506. The number of aromatic carboxylic acids is 1. The topological polar surface area (TPSA) is 97.1 Å². The minimum atomic E-state index is -1.13. The lowest BCUT2D eigenvalue weighted by Crippen LogP contribution is -2.39. The van der Waals surface area contributed by atoms with Gasteiger partial charge in [-0.2, -0.15) is 0 Å². The highest BCUT2D eigenvalue weighted by molar-refractivity contribution is 5.87. The lowest BCUT2D eigenvalue weighted by atomic mass is 10.1. The molecule has 7 nitrogen and oxygen atoms in total. The molecule has 0 radical (unpaired) electrons. The Morgan fingerprint density at radius 3 is 2.24 bits per heavy atom. The van der Waals surface area contributed by atoms with Gasteiger partial charge >= 0.3 is 5.97 Å². The second-order valence-corrected chi connectivity index (χ2v) is 5.43. The van der Waals surface area contributed by atoms with Gasteiger partial charge in [0.05, 0.1) is 5.69 Å². The van der Waals surface area contributed by atoms with Gasteiger partial charge in [-0.3, -0.25) is 4.79 Å². The summed E-state index contributed by atoms with van der Waals surface area (Å²) in [5.41, 5.74) is 0.377. The van der Waals surface area contributed by atoms with Crippen molar-refractivity contribution < 1.29 is 14.7 Å². The van der Waals surface area contributed by atoms with E-state index >= 15 is 0 Å². The maximum absolute atomic E-state index is 12.3. The molecule has 0 bridgehead atoms. The van der Waals surface area contributed by atoms with E-state index in [1.807, 2.05) is 27.7 Å². The summed E-state index contributed by atoms with van der Waals surface area (Å²) in [6, 6.07) is -0.478. The summed E-state index contributed by atoms with van der Waals surface area (Å²) in [6.07, 6.45) is 1.70. The average Bonchev–Trinajstić information content (AvgIpc) is 2.88. The second kappa shape index (κ2) is 7.19. The van der Waals surface area contributed by atoms with Gasteiger partial charge in [-0.05, 0) is 25.7 Å². The molecule has 0 aliphatic rings. The summed E-state index contributed by atoms with van der Waals surface area (Å²) >= 11 is 0. The van der Waals surface area contributed by atoms with Crippen molar-refractivity contribution in [3.05, 3.63) is 11.4 Å². The second-order valence-electron chi connectivity index (χ2n) is 5.43. The quantitative estimate of drug-likeness (QED) is 0.801. The first-order chi connectivity index (χ1) is 9.83. The van der Waals surface area contributed by atoms with Crippen molar-refractivity contribution in [2.24, 2.45) is 0 Å². The van der Waals surface area contributed by atoms with Crippen LogP contribution in [0.3, 0.4) is 0 Å². The molecule has 0 spiro atoms.